The van der Waals surface area contributed by atoms with E-state index in [0.29, 0.717) is 10.6 Å². The molecule has 0 aromatic carbocycles. The normalized spacial score (nSPS) is 9.23. The summed E-state index contributed by atoms with van der Waals surface area (Å²) in [4.78, 5) is 12.5. The lowest BCUT2D eigenvalue weighted by molar-refractivity contribution is 0.0560. The third kappa shape index (κ3) is 2.20. The molecule has 0 spiro atoms. The Morgan fingerprint density at radius 2 is 2.54 bits per heavy atom. The van der Waals surface area contributed by atoms with Crippen molar-refractivity contribution in [1.29, 1.82) is 5.26 Å². The number of carbonyl (C=O) groups excluding carboxylic acids is 1. The van der Waals surface area contributed by atoms with Gasteiger partial charge in [0, 0.05) is 10.6 Å². The van der Waals surface area contributed by atoms with Gasteiger partial charge in [0.15, 0.2) is 6.61 Å². The molecule has 2 N–H and O–H groups in total. The summed E-state index contributed by atoms with van der Waals surface area (Å²) in [7, 11) is 0. The summed E-state index contributed by atoms with van der Waals surface area (Å²) in [5, 5.41) is 8.17. The van der Waals surface area contributed by atoms with Gasteiger partial charge in [-0.1, -0.05) is 0 Å². The fourth-order valence-corrected chi connectivity index (χ4v) is 1.60. The Morgan fingerprint density at radius 1 is 1.85 bits per heavy atom. The number of nitriles is 1. The van der Waals surface area contributed by atoms with Gasteiger partial charge < -0.3 is 10.5 Å². The summed E-state index contributed by atoms with van der Waals surface area (Å²) in [6.45, 7) is 1.59. The van der Waals surface area contributed by atoms with Gasteiger partial charge in [0.1, 0.15) is 10.9 Å². The Balaban J connectivity index is 2.73. The third-order valence-corrected chi connectivity index (χ3v) is 2.47. The lowest BCUT2D eigenvalue weighted by Crippen LogP contribution is -2.02. The first-order chi connectivity index (χ1) is 6.15. The van der Waals surface area contributed by atoms with Gasteiger partial charge in [-0.05, 0) is 13.0 Å². The van der Waals surface area contributed by atoms with Crippen LogP contribution in [0, 0.1) is 18.3 Å². The van der Waals surface area contributed by atoms with Crippen LogP contribution in [0.1, 0.15) is 14.5 Å². The molecular formula is C8H8N2O2S. The second-order valence-corrected chi connectivity index (χ2v) is 3.61. The third-order valence-electron chi connectivity index (χ3n) is 1.43. The van der Waals surface area contributed by atoms with E-state index in [1.165, 1.54) is 11.3 Å². The van der Waals surface area contributed by atoms with Crippen molar-refractivity contribution < 1.29 is 9.53 Å². The molecular weight excluding hydrogens is 188 g/mol. The molecule has 0 aliphatic carbocycles. The minimum absolute atomic E-state index is 0.227. The van der Waals surface area contributed by atoms with Gasteiger partial charge in [-0.3, -0.25) is 0 Å². The Hall–Kier alpha value is -1.54. The highest BCUT2D eigenvalue weighted by molar-refractivity contribution is 7.14. The van der Waals surface area contributed by atoms with E-state index in [9.17, 15) is 4.79 Å². The lowest BCUT2D eigenvalue weighted by atomic mass is 10.4. The number of nitrogen functional groups attached to an aromatic ring is 1. The maximum absolute atomic E-state index is 11.2. The van der Waals surface area contributed by atoms with Crippen LogP contribution in [0.5, 0.6) is 0 Å². The first-order valence-electron chi connectivity index (χ1n) is 3.55. The number of thiophene rings is 1. The molecule has 0 radical (unpaired) electrons. The van der Waals surface area contributed by atoms with Crippen LogP contribution in [0.4, 0.5) is 5.69 Å². The van der Waals surface area contributed by atoms with E-state index in [-0.39, 0.29) is 6.61 Å². The SMILES string of the molecule is Cc1sc(C(=O)OCC#N)cc1N. The average Bonchev–Trinajstić information content (AvgIpc) is 2.43. The van der Waals surface area contributed by atoms with E-state index in [1.54, 1.807) is 12.1 Å². The predicted molar refractivity (Wildman–Crippen MR) is 49.4 cm³/mol. The topological polar surface area (TPSA) is 76.1 Å². The number of nitrogens with zero attached hydrogens (tertiary/aromatic N) is 1. The molecule has 1 aromatic heterocycles. The molecule has 1 rings (SSSR count). The van der Waals surface area contributed by atoms with Gasteiger partial charge in [0.05, 0.1) is 0 Å². The highest BCUT2D eigenvalue weighted by Gasteiger charge is 2.11. The molecule has 1 heterocycles. The van der Waals surface area contributed by atoms with Crippen molar-refractivity contribution in [3.63, 3.8) is 0 Å². The zero-order valence-electron chi connectivity index (χ0n) is 7.03. The van der Waals surface area contributed by atoms with Crippen LogP contribution in [-0.4, -0.2) is 12.6 Å². The highest BCUT2D eigenvalue weighted by Crippen LogP contribution is 2.23. The van der Waals surface area contributed by atoms with Crippen molar-refractivity contribution in [2.45, 2.75) is 6.92 Å². The number of hydrogen-bond donors (Lipinski definition) is 1. The van der Waals surface area contributed by atoms with Crippen molar-refractivity contribution in [2.24, 2.45) is 0 Å². The summed E-state index contributed by atoms with van der Waals surface area (Å²) >= 11 is 1.26. The molecule has 0 aliphatic rings. The summed E-state index contributed by atoms with van der Waals surface area (Å²) in [5.74, 6) is -0.494. The van der Waals surface area contributed by atoms with Gasteiger partial charge in [-0.2, -0.15) is 5.26 Å². The maximum Gasteiger partial charge on any atom is 0.349 e. The van der Waals surface area contributed by atoms with E-state index >= 15 is 0 Å². The largest absolute Gasteiger partial charge is 0.446 e. The molecule has 0 fully saturated rings. The Morgan fingerprint density at radius 3 is 3.00 bits per heavy atom. The van der Waals surface area contributed by atoms with Crippen molar-refractivity contribution >= 4 is 23.0 Å². The number of nitrogens with two attached hydrogens (primary N) is 1. The number of anilines is 1. The average molecular weight is 196 g/mol. The van der Waals surface area contributed by atoms with Crippen LogP contribution in [0.15, 0.2) is 6.07 Å². The Kier molecular flexibility index (Phi) is 2.88. The number of hydrogen-bond acceptors (Lipinski definition) is 5. The van der Waals surface area contributed by atoms with E-state index in [1.807, 2.05) is 6.92 Å². The Labute approximate surface area is 79.5 Å². The van der Waals surface area contributed by atoms with Crippen molar-refractivity contribution in [3.05, 3.63) is 15.8 Å². The van der Waals surface area contributed by atoms with E-state index < -0.39 is 5.97 Å². The van der Waals surface area contributed by atoms with Crippen LogP contribution in [0.25, 0.3) is 0 Å². The summed E-state index contributed by atoms with van der Waals surface area (Å²) < 4.78 is 4.60. The number of ether oxygens (including phenoxy) is 1. The molecule has 0 atom stereocenters. The van der Waals surface area contributed by atoms with E-state index in [4.69, 9.17) is 11.0 Å². The molecule has 13 heavy (non-hydrogen) atoms. The molecule has 0 bridgehead atoms. The smallest absolute Gasteiger partial charge is 0.349 e. The van der Waals surface area contributed by atoms with Gasteiger partial charge in [0.25, 0.3) is 0 Å². The van der Waals surface area contributed by atoms with Crippen LogP contribution in [-0.2, 0) is 4.74 Å². The van der Waals surface area contributed by atoms with Crippen LogP contribution in [0.3, 0.4) is 0 Å². The second-order valence-electron chi connectivity index (χ2n) is 2.36. The van der Waals surface area contributed by atoms with Crippen molar-refractivity contribution in [1.82, 2.24) is 0 Å². The summed E-state index contributed by atoms with van der Waals surface area (Å²) in [5.41, 5.74) is 6.12. The maximum atomic E-state index is 11.2. The van der Waals surface area contributed by atoms with Gasteiger partial charge in [-0.15, -0.1) is 11.3 Å². The number of esters is 1. The van der Waals surface area contributed by atoms with Gasteiger partial charge >= 0.3 is 5.97 Å². The van der Waals surface area contributed by atoms with E-state index in [0.717, 1.165) is 4.88 Å². The quantitative estimate of drug-likeness (QED) is 0.724. The highest BCUT2D eigenvalue weighted by atomic mass is 32.1. The van der Waals surface area contributed by atoms with Crippen LogP contribution < -0.4 is 5.73 Å². The van der Waals surface area contributed by atoms with Gasteiger partial charge in [0.2, 0.25) is 0 Å². The molecule has 0 amide bonds. The predicted octanol–water partition coefficient (Wildman–Crippen LogP) is 1.32. The molecule has 0 unspecified atom stereocenters. The minimum Gasteiger partial charge on any atom is -0.446 e. The fourth-order valence-electron chi connectivity index (χ4n) is 0.766. The van der Waals surface area contributed by atoms with E-state index in [2.05, 4.69) is 4.74 Å². The Bertz CT molecular complexity index is 345. The fraction of sp³-hybridized carbons (Fsp3) is 0.250. The van der Waals surface area contributed by atoms with Gasteiger partial charge in [-0.25, -0.2) is 4.79 Å². The molecule has 0 saturated carbocycles. The molecule has 68 valence electrons. The zero-order chi connectivity index (χ0) is 9.84. The minimum atomic E-state index is -0.494. The first-order valence-corrected chi connectivity index (χ1v) is 4.36. The van der Waals surface area contributed by atoms with Crippen molar-refractivity contribution in [3.8, 4) is 6.07 Å². The lowest BCUT2D eigenvalue weighted by Gasteiger charge is -1.94. The first kappa shape index (κ1) is 9.55. The van der Waals surface area contributed by atoms with Crippen molar-refractivity contribution in [2.75, 3.05) is 12.3 Å². The van der Waals surface area contributed by atoms with Crippen LogP contribution in [0.2, 0.25) is 0 Å². The summed E-state index contributed by atoms with van der Waals surface area (Å²) in [6.07, 6.45) is 0. The number of aryl methyl sites for hydroxylation is 1. The number of rotatable bonds is 2. The second kappa shape index (κ2) is 3.92. The monoisotopic (exact) mass is 196 g/mol. The zero-order valence-corrected chi connectivity index (χ0v) is 7.85. The number of carbonyl (C=O) groups is 1. The molecule has 4 nitrogen and oxygen atoms in total. The molecule has 1 aromatic rings. The summed E-state index contributed by atoms with van der Waals surface area (Å²) in [6, 6.07) is 3.28. The molecule has 0 saturated heterocycles. The molecule has 0 aliphatic heterocycles. The molecule has 5 heteroatoms. The van der Waals surface area contributed by atoms with Crippen LogP contribution >= 0.6 is 11.3 Å². The standard InChI is InChI=1S/C8H8N2O2S/c1-5-6(10)4-7(13-5)8(11)12-3-2-9/h4H,3,10H2,1H3.